The largest absolute Gasteiger partial charge is 0.326 e. The summed E-state index contributed by atoms with van der Waals surface area (Å²) in [5.74, 6) is -0.256. The number of benzene rings is 2. The maximum Gasteiger partial charge on any atom is 0.243 e. The molecule has 1 heterocycles. The van der Waals surface area contributed by atoms with Crippen molar-refractivity contribution in [2.45, 2.75) is 25.3 Å². The second-order valence-corrected chi connectivity index (χ2v) is 8.56. The highest BCUT2D eigenvalue weighted by Gasteiger charge is 2.24. The van der Waals surface area contributed by atoms with Gasteiger partial charge in [-0.1, -0.05) is 24.3 Å². The van der Waals surface area contributed by atoms with E-state index in [0.29, 0.717) is 11.3 Å². The van der Waals surface area contributed by atoms with Gasteiger partial charge in [0.2, 0.25) is 15.9 Å². The van der Waals surface area contributed by atoms with E-state index < -0.39 is 10.0 Å². The molecule has 7 nitrogen and oxygen atoms in total. The van der Waals surface area contributed by atoms with Crippen LogP contribution in [0.2, 0.25) is 0 Å². The van der Waals surface area contributed by atoms with Gasteiger partial charge in [-0.25, -0.2) is 13.1 Å². The first-order valence-corrected chi connectivity index (χ1v) is 10.1. The summed E-state index contributed by atoms with van der Waals surface area (Å²) in [6.45, 7) is 3.29. The number of nitrogens with one attached hydrogen (secondary N) is 1. The quantitative estimate of drug-likeness (QED) is 0.692. The number of para-hydroxylation sites is 1. The lowest BCUT2D eigenvalue weighted by molar-refractivity contribution is -0.114. The highest BCUT2D eigenvalue weighted by Crippen LogP contribution is 2.24. The van der Waals surface area contributed by atoms with E-state index in [4.69, 9.17) is 0 Å². The molecule has 0 aliphatic rings. The van der Waals surface area contributed by atoms with Gasteiger partial charge >= 0.3 is 0 Å². The number of aromatic nitrogens is 2. The second kappa shape index (κ2) is 7.95. The van der Waals surface area contributed by atoms with Crippen LogP contribution in [0.15, 0.2) is 65.8 Å². The van der Waals surface area contributed by atoms with Gasteiger partial charge in [-0.15, -0.1) is 0 Å². The summed E-state index contributed by atoms with van der Waals surface area (Å²) in [5, 5.41) is 6.93. The van der Waals surface area contributed by atoms with Crippen LogP contribution in [-0.2, 0) is 21.4 Å². The van der Waals surface area contributed by atoms with Gasteiger partial charge < -0.3 is 5.32 Å². The molecular formula is C20H22N4O3S. The number of sulfonamides is 1. The Kier molecular flexibility index (Phi) is 5.62. The van der Waals surface area contributed by atoms with E-state index in [1.165, 1.54) is 24.3 Å². The summed E-state index contributed by atoms with van der Waals surface area (Å²) in [5.41, 5.74) is 2.73. The van der Waals surface area contributed by atoms with Crippen molar-refractivity contribution in [2.24, 2.45) is 0 Å². The van der Waals surface area contributed by atoms with Crippen LogP contribution in [-0.4, -0.2) is 35.5 Å². The van der Waals surface area contributed by atoms with Crippen LogP contribution in [0.3, 0.4) is 0 Å². The number of aryl methyl sites for hydroxylation is 1. The van der Waals surface area contributed by atoms with Crippen LogP contribution in [0.5, 0.6) is 0 Å². The molecule has 0 spiro atoms. The molecular weight excluding hydrogens is 376 g/mol. The Bertz CT molecular complexity index is 1090. The summed E-state index contributed by atoms with van der Waals surface area (Å²) in [7, 11) is -2.21. The summed E-state index contributed by atoms with van der Waals surface area (Å²) < 4.78 is 29.1. The normalized spacial score (nSPS) is 11.6. The third-order valence-electron chi connectivity index (χ3n) is 4.26. The average Bonchev–Trinajstić information content (AvgIpc) is 3.12. The molecule has 3 aromatic rings. The predicted molar refractivity (Wildman–Crippen MR) is 108 cm³/mol. The van der Waals surface area contributed by atoms with Crippen molar-refractivity contribution in [3.63, 3.8) is 0 Å². The van der Waals surface area contributed by atoms with Gasteiger partial charge in [0.15, 0.2) is 0 Å². The molecule has 0 atom stereocenters. The Balaban J connectivity index is 1.83. The number of nitrogens with zero attached hydrogens (tertiary/aromatic N) is 3. The monoisotopic (exact) mass is 398 g/mol. The molecule has 0 aliphatic carbocycles. The van der Waals surface area contributed by atoms with Crippen molar-refractivity contribution in [1.82, 2.24) is 14.1 Å². The van der Waals surface area contributed by atoms with Crippen molar-refractivity contribution in [2.75, 3.05) is 12.4 Å². The van der Waals surface area contributed by atoms with E-state index in [2.05, 4.69) is 10.4 Å². The fourth-order valence-electron chi connectivity index (χ4n) is 2.83. The standard InChI is InChI=1S/C20H22N4O3S/c1-15-9-10-18(22-16(2)25)11-20(15)28(26,27)23(3)13-17-12-21-24(14-17)19-7-5-4-6-8-19/h4-12,14H,13H2,1-3H3,(H,22,25). The number of rotatable bonds is 6. The molecule has 0 fully saturated rings. The Morgan fingerprint density at radius 2 is 1.89 bits per heavy atom. The number of carbonyl (C=O) groups is 1. The molecule has 146 valence electrons. The smallest absolute Gasteiger partial charge is 0.243 e. The first kappa shape index (κ1) is 19.8. The van der Waals surface area contributed by atoms with Crippen LogP contribution in [0, 0.1) is 6.92 Å². The third kappa shape index (κ3) is 4.29. The molecule has 28 heavy (non-hydrogen) atoms. The Morgan fingerprint density at radius 1 is 1.18 bits per heavy atom. The van der Waals surface area contributed by atoms with E-state index >= 15 is 0 Å². The Morgan fingerprint density at radius 3 is 2.57 bits per heavy atom. The molecule has 0 unspecified atom stereocenters. The molecule has 1 N–H and O–H groups in total. The number of amides is 1. The molecule has 2 aromatic carbocycles. The van der Waals surface area contributed by atoms with Crippen molar-refractivity contribution >= 4 is 21.6 Å². The first-order valence-electron chi connectivity index (χ1n) is 8.71. The predicted octanol–water partition coefficient (Wildman–Crippen LogP) is 2.96. The molecule has 3 rings (SSSR count). The first-order chi connectivity index (χ1) is 13.3. The lowest BCUT2D eigenvalue weighted by Gasteiger charge is -2.18. The van der Waals surface area contributed by atoms with Gasteiger partial charge in [0.05, 0.1) is 16.8 Å². The summed E-state index contributed by atoms with van der Waals surface area (Å²) in [6, 6.07) is 14.4. The van der Waals surface area contributed by atoms with Crippen LogP contribution < -0.4 is 5.32 Å². The van der Waals surface area contributed by atoms with Crippen LogP contribution >= 0.6 is 0 Å². The van der Waals surface area contributed by atoms with Gasteiger partial charge in [0.25, 0.3) is 0 Å². The fraction of sp³-hybridized carbons (Fsp3) is 0.200. The highest BCUT2D eigenvalue weighted by atomic mass is 32.2. The zero-order chi connectivity index (χ0) is 20.3. The van der Waals surface area contributed by atoms with Crippen molar-refractivity contribution in [3.8, 4) is 5.69 Å². The Labute approximate surface area is 164 Å². The van der Waals surface area contributed by atoms with E-state index in [1.807, 2.05) is 36.5 Å². The van der Waals surface area contributed by atoms with Crippen molar-refractivity contribution in [3.05, 3.63) is 72.1 Å². The van der Waals surface area contributed by atoms with E-state index in [1.54, 1.807) is 29.9 Å². The minimum atomic E-state index is -3.74. The van der Waals surface area contributed by atoms with Gasteiger partial charge in [0.1, 0.15) is 0 Å². The Hall–Kier alpha value is -2.97. The van der Waals surface area contributed by atoms with Crippen molar-refractivity contribution in [1.29, 1.82) is 0 Å². The van der Waals surface area contributed by atoms with Crippen molar-refractivity contribution < 1.29 is 13.2 Å². The fourth-order valence-corrected chi connectivity index (χ4v) is 4.24. The topological polar surface area (TPSA) is 84.3 Å². The van der Waals surface area contributed by atoms with Gasteiger partial charge in [-0.2, -0.15) is 9.40 Å². The highest BCUT2D eigenvalue weighted by molar-refractivity contribution is 7.89. The van der Waals surface area contributed by atoms with E-state index in [0.717, 1.165) is 11.3 Å². The summed E-state index contributed by atoms with van der Waals surface area (Å²) in [4.78, 5) is 11.4. The molecule has 0 bridgehead atoms. The zero-order valence-corrected chi connectivity index (χ0v) is 16.8. The van der Waals surface area contributed by atoms with Gasteiger partial charge in [0, 0.05) is 38.0 Å². The zero-order valence-electron chi connectivity index (χ0n) is 16.0. The van der Waals surface area contributed by atoms with E-state index in [9.17, 15) is 13.2 Å². The summed E-state index contributed by atoms with van der Waals surface area (Å²) >= 11 is 0. The van der Waals surface area contributed by atoms with Gasteiger partial charge in [-0.05, 0) is 36.8 Å². The lowest BCUT2D eigenvalue weighted by Crippen LogP contribution is -2.27. The number of hydrogen-bond donors (Lipinski definition) is 1. The minimum Gasteiger partial charge on any atom is -0.326 e. The number of anilines is 1. The van der Waals surface area contributed by atoms with Gasteiger partial charge in [-0.3, -0.25) is 4.79 Å². The summed E-state index contributed by atoms with van der Waals surface area (Å²) in [6.07, 6.45) is 3.46. The van der Waals surface area contributed by atoms with Crippen LogP contribution in [0.1, 0.15) is 18.1 Å². The van der Waals surface area contributed by atoms with Crippen LogP contribution in [0.25, 0.3) is 5.69 Å². The number of carbonyl (C=O) groups excluding carboxylic acids is 1. The number of hydrogen-bond acceptors (Lipinski definition) is 4. The SMILES string of the molecule is CC(=O)Nc1ccc(C)c(S(=O)(=O)N(C)Cc2cnn(-c3ccccc3)c2)c1. The van der Waals surface area contributed by atoms with E-state index in [-0.39, 0.29) is 17.3 Å². The molecule has 0 aliphatic heterocycles. The molecule has 8 heteroatoms. The maximum atomic E-state index is 13.1. The molecule has 0 saturated carbocycles. The molecule has 0 radical (unpaired) electrons. The van der Waals surface area contributed by atoms with Crippen LogP contribution in [0.4, 0.5) is 5.69 Å². The minimum absolute atomic E-state index is 0.164. The third-order valence-corrected chi connectivity index (χ3v) is 6.20. The average molecular weight is 398 g/mol. The lowest BCUT2D eigenvalue weighted by atomic mass is 10.2. The molecule has 1 amide bonds. The molecule has 1 aromatic heterocycles. The second-order valence-electron chi connectivity index (χ2n) is 6.55. The molecule has 0 saturated heterocycles. The maximum absolute atomic E-state index is 13.1.